The number of nitrogens with zero attached hydrogens (tertiary/aromatic N) is 3. The van der Waals surface area contributed by atoms with Gasteiger partial charge in [0.2, 0.25) is 0 Å². The molecule has 1 saturated heterocycles. The average molecular weight is 498 g/mol. The minimum Gasteiger partial charge on any atom is -0.457 e. The van der Waals surface area contributed by atoms with Crippen LogP contribution in [0, 0.1) is 6.92 Å². The Morgan fingerprint density at radius 1 is 1.11 bits per heavy atom. The third-order valence-corrected chi connectivity index (χ3v) is 6.31. The molecule has 4 aromatic rings. The molecule has 0 spiro atoms. The van der Waals surface area contributed by atoms with E-state index in [1.165, 1.54) is 0 Å². The molecule has 1 atom stereocenters. The molecule has 10 heteroatoms. The van der Waals surface area contributed by atoms with Crippen LogP contribution in [-0.2, 0) is 0 Å². The van der Waals surface area contributed by atoms with Crippen molar-refractivity contribution in [1.29, 1.82) is 0 Å². The third kappa shape index (κ3) is 5.22. The van der Waals surface area contributed by atoms with Gasteiger partial charge in [0.25, 0.3) is 11.8 Å². The third-order valence-electron chi connectivity index (χ3n) is 6.31. The van der Waals surface area contributed by atoms with Crippen molar-refractivity contribution < 1.29 is 14.3 Å². The van der Waals surface area contributed by atoms with E-state index < -0.39 is 0 Å². The smallest absolute Gasteiger partial charge is 0.255 e. The summed E-state index contributed by atoms with van der Waals surface area (Å²) in [6, 6.07) is 15.6. The fourth-order valence-corrected chi connectivity index (χ4v) is 4.34. The van der Waals surface area contributed by atoms with Gasteiger partial charge < -0.3 is 26.4 Å². The standard InChI is InChI=1S/C27H27N7O3/c1-16-24(14-31-33-16)18-11-23(25(29)30-13-18)26(35)32-20-9-10-34(15-20)27(36)17-5-7-21(8-6-17)37-22-4-2-3-19(28)12-22/h2-8,11-14,20H,9-10,15,28H2,1H3,(H2,29,30)(H,31,33)(H,32,35)/t20-/m1/s1. The lowest BCUT2D eigenvalue weighted by atomic mass is 10.1. The van der Waals surface area contributed by atoms with Crippen LogP contribution in [-0.4, -0.2) is 51.0 Å². The Balaban J connectivity index is 1.20. The number of hydrogen-bond donors (Lipinski definition) is 4. The number of anilines is 2. The fraction of sp³-hybridized carbons (Fsp3) is 0.185. The van der Waals surface area contributed by atoms with Crippen molar-refractivity contribution in [2.45, 2.75) is 19.4 Å². The monoisotopic (exact) mass is 497 g/mol. The summed E-state index contributed by atoms with van der Waals surface area (Å²) in [5.74, 6) is 0.946. The highest BCUT2D eigenvalue weighted by molar-refractivity contribution is 6.00. The maximum atomic E-state index is 13.0. The summed E-state index contributed by atoms with van der Waals surface area (Å²) >= 11 is 0. The largest absolute Gasteiger partial charge is 0.457 e. The minimum atomic E-state index is -0.324. The Kier molecular flexibility index (Phi) is 6.46. The Labute approximate surface area is 213 Å². The molecule has 3 heterocycles. The maximum Gasteiger partial charge on any atom is 0.255 e. The van der Waals surface area contributed by atoms with Crippen molar-refractivity contribution in [1.82, 2.24) is 25.4 Å². The number of nitrogens with two attached hydrogens (primary N) is 2. The van der Waals surface area contributed by atoms with Gasteiger partial charge in [0.05, 0.1) is 11.3 Å². The SMILES string of the molecule is Cc1n[nH]cc1-c1cnc(N)c(C(=O)N[C@@H]2CCN(C(=O)c3ccc(Oc4cccc(N)c4)cc3)C2)c1. The fourth-order valence-electron chi connectivity index (χ4n) is 4.34. The Morgan fingerprint density at radius 2 is 1.92 bits per heavy atom. The second-order valence-electron chi connectivity index (χ2n) is 8.95. The number of aryl methyl sites for hydroxylation is 1. The van der Waals surface area contributed by atoms with Crippen LogP contribution < -0.4 is 21.5 Å². The van der Waals surface area contributed by atoms with Gasteiger partial charge in [-0.15, -0.1) is 0 Å². The van der Waals surface area contributed by atoms with Gasteiger partial charge in [-0.05, 0) is 55.8 Å². The van der Waals surface area contributed by atoms with E-state index in [-0.39, 0.29) is 23.7 Å². The van der Waals surface area contributed by atoms with E-state index in [1.807, 2.05) is 19.1 Å². The van der Waals surface area contributed by atoms with Gasteiger partial charge in [0, 0.05) is 60.0 Å². The summed E-state index contributed by atoms with van der Waals surface area (Å²) in [6.45, 7) is 2.81. The average Bonchev–Trinajstić information content (AvgIpc) is 3.53. The Bertz CT molecular complexity index is 1450. The number of rotatable bonds is 6. The van der Waals surface area contributed by atoms with Crippen LogP contribution >= 0.6 is 0 Å². The molecule has 1 aliphatic rings. The zero-order valence-electron chi connectivity index (χ0n) is 20.3. The lowest BCUT2D eigenvalue weighted by Crippen LogP contribution is -2.38. The number of carbonyl (C=O) groups excluding carboxylic acids is 2. The van der Waals surface area contributed by atoms with Gasteiger partial charge in [0.15, 0.2) is 0 Å². The van der Waals surface area contributed by atoms with Gasteiger partial charge in [-0.2, -0.15) is 5.10 Å². The molecular formula is C27H27N7O3. The Hall–Kier alpha value is -4.86. The van der Waals surface area contributed by atoms with Crippen molar-refractivity contribution in [2.75, 3.05) is 24.6 Å². The molecule has 10 nitrogen and oxygen atoms in total. The number of nitrogen functional groups attached to an aromatic ring is 2. The van der Waals surface area contributed by atoms with E-state index >= 15 is 0 Å². The maximum absolute atomic E-state index is 13.0. The van der Waals surface area contributed by atoms with Gasteiger partial charge in [0.1, 0.15) is 17.3 Å². The quantitative estimate of drug-likeness (QED) is 0.298. The van der Waals surface area contributed by atoms with Crippen molar-refractivity contribution in [3.05, 3.63) is 83.8 Å². The first-order valence-electron chi connectivity index (χ1n) is 11.9. The number of pyridine rings is 1. The summed E-state index contributed by atoms with van der Waals surface area (Å²) in [5.41, 5.74) is 15.6. The van der Waals surface area contributed by atoms with E-state index in [9.17, 15) is 9.59 Å². The van der Waals surface area contributed by atoms with Crippen LogP contribution in [0.4, 0.5) is 11.5 Å². The molecule has 0 bridgehead atoms. The first-order valence-corrected chi connectivity index (χ1v) is 11.9. The highest BCUT2D eigenvalue weighted by Crippen LogP contribution is 2.26. The molecule has 2 aromatic carbocycles. The van der Waals surface area contributed by atoms with Crippen LogP contribution in [0.15, 0.2) is 67.0 Å². The first-order chi connectivity index (χ1) is 17.9. The molecule has 0 radical (unpaired) electrons. The molecule has 0 saturated carbocycles. The lowest BCUT2D eigenvalue weighted by Gasteiger charge is -2.18. The number of ether oxygens (including phenoxy) is 1. The van der Waals surface area contributed by atoms with Crippen LogP contribution in [0.1, 0.15) is 32.8 Å². The van der Waals surface area contributed by atoms with Crippen molar-refractivity contribution >= 4 is 23.3 Å². The van der Waals surface area contributed by atoms with Crippen LogP contribution in [0.3, 0.4) is 0 Å². The molecule has 0 unspecified atom stereocenters. The van der Waals surface area contributed by atoms with Gasteiger partial charge in [-0.25, -0.2) is 4.98 Å². The molecule has 2 aromatic heterocycles. The number of carbonyl (C=O) groups is 2. The van der Waals surface area contributed by atoms with E-state index in [0.717, 1.165) is 16.8 Å². The summed E-state index contributed by atoms with van der Waals surface area (Å²) in [5, 5.41) is 9.91. The second kappa shape index (κ2) is 10.0. The van der Waals surface area contributed by atoms with Crippen LogP contribution in [0.5, 0.6) is 11.5 Å². The highest BCUT2D eigenvalue weighted by atomic mass is 16.5. The minimum absolute atomic E-state index is 0.106. The summed E-state index contributed by atoms with van der Waals surface area (Å²) in [7, 11) is 0. The van der Waals surface area contributed by atoms with Crippen molar-refractivity contribution in [3.63, 3.8) is 0 Å². The molecule has 5 rings (SSSR count). The summed E-state index contributed by atoms with van der Waals surface area (Å²) < 4.78 is 5.80. The number of likely N-dealkylation sites (tertiary alicyclic amines) is 1. The predicted octanol–water partition coefficient (Wildman–Crippen LogP) is 3.38. The lowest BCUT2D eigenvalue weighted by molar-refractivity contribution is 0.0783. The topological polar surface area (TPSA) is 152 Å². The van der Waals surface area contributed by atoms with E-state index in [4.69, 9.17) is 16.2 Å². The van der Waals surface area contributed by atoms with Crippen LogP contribution in [0.25, 0.3) is 11.1 Å². The summed E-state index contributed by atoms with van der Waals surface area (Å²) in [4.78, 5) is 32.0. The number of benzene rings is 2. The van der Waals surface area contributed by atoms with Gasteiger partial charge >= 0.3 is 0 Å². The molecule has 1 fully saturated rings. The van der Waals surface area contributed by atoms with E-state index in [1.54, 1.807) is 59.8 Å². The highest BCUT2D eigenvalue weighted by Gasteiger charge is 2.29. The molecular weight excluding hydrogens is 470 g/mol. The van der Waals surface area contributed by atoms with E-state index in [2.05, 4.69) is 20.5 Å². The van der Waals surface area contributed by atoms with E-state index in [0.29, 0.717) is 47.8 Å². The number of aromatic nitrogens is 3. The number of amides is 2. The zero-order chi connectivity index (χ0) is 25.9. The van der Waals surface area contributed by atoms with Gasteiger partial charge in [-0.3, -0.25) is 14.7 Å². The number of hydrogen-bond acceptors (Lipinski definition) is 7. The van der Waals surface area contributed by atoms with Crippen LogP contribution in [0.2, 0.25) is 0 Å². The van der Waals surface area contributed by atoms with Gasteiger partial charge in [-0.1, -0.05) is 6.07 Å². The number of H-pyrrole nitrogens is 1. The Morgan fingerprint density at radius 3 is 2.65 bits per heavy atom. The molecule has 188 valence electrons. The summed E-state index contributed by atoms with van der Waals surface area (Å²) in [6.07, 6.45) is 4.01. The second-order valence-corrected chi connectivity index (χ2v) is 8.95. The normalized spacial score (nSPS) is 14.9. The van der Waals surface area contributed by atoms with Crippen molar-refractivity contribution in [3.8, 4) is 22.6 Å². The number of nitrogens with one attached hydrogen (secondary N) is 2. The van der Waals surface area contributed by atoms with Crippen molar-refractivity contribution in [2.24, 2.45) is 0 Å². The molecule has 6 N–H and O–H groups in total. The first kappa shape index (κ1) is 23.9. The molecule has 0 aliphatic carbocycles. The molecule has 1 aliphatic heterocycles. The zero-order valence-corrected chi connectivity index (χ0v) is 20.3. The number of aromatic amines is 1. The molecule has 37 heavy (non-hydrogen) atoms. The molecule has 2 amide bonds. The predicted molar refractivity (Wildman–Crippen MR) is 140 cm³/mol.